The quantitative estimate of drug-likeness (QED) is 0.246. The fraction of sp³-hybridized carbons (Fsp3) is 0.500. The average Bonchev–Trinajstić information content (AvgIpc) is 2.96. The minimum absolute atomic E-state index is 0.0845. The Balaban J connectivity index is 3.08. The number of carbonyl (C=O) groups is 2. The van der Waals surface area contributed by atoms with Crippen LogP contribution < -0.4 is 10.6 Å². The van der Waals surface area contributed by atoms with Gasteiger partial charge in [-0.2, -0.15) is 0 Å². The molecule has 138 valence electrons. The Labute approximate surface area is 148 Å². The summed E-state index contributed by atoms with van der Waals surface area (Å²) in [4.78, 5) is 38.3. The molecule has 0 saturated carbocycles. The summed E-state index contributed by atoms with van der Waals surface area (Å²) in [6.07, 6.45) is 0.675. The molecule has 2 N–H and O–H groups in total. The van der Waals surface area contributed by atoms with Crippen molar-refractivity contribution >= 4 is 40.0 Å². The lowest BCUT2D eigenvalue weighted by molar-refractivity contribution is -0.379. The van der Waals surface area contributed by atoms with Gasteiger partial charge in [-0.1, -0.05) is 24.7 Å². The number of hydrogen-bond acceptors (Lipinski definition) is 8. The summed E-state index contributed by atoms with van der Waals surface area (Å²) < 4.78 is 9.24. The second-order valence-electron chi connectivity index (χ2n) is 4.65. The van der Waals surface area contributed by atoms with Gasteiger partial charge in [0.1, 0.15) is 6.54 Å². The van der Waals surface area contributed by atoms with Crippen LogP contribution in [0.1, 0.15) is 25.1 Å². The number of hydrogen-bond donors (Lipinski definition) is 2. The highest BCUT2D eigenvalue weighted by Crippen LogP contribution is 2.37. The van der Waals surface area contributed by atoms with E-state index in [4.69, 9.17) is 4.74 Å². The first-order chi connectivity index (χ1) is 11.9. The number of ether oxygens (including phenoxy) is 2. The van der Waals surface area contributed by atoms with Gasteiger partial charge in [-0.3, -0.25) is 20.2 Å². The third-order valence-electron chi connectivity index (χ3n) is 2.75. The predicted octanol–water partition coefficient (Wildman–Crippen LogP) is 2.11. The summed E-state index contributed by atoms with van der Waals surface area (Å²) in [5, 5.41) is 15.9. The normalized spacial score (nSPS) is 10.9. The van der Waals surface area contributed by atoms with Gasteiger partial charge in [0.15, 0.2) is 5.69 Å². The summed E-state index contributed by atoms with van der Waals surface area (Å²) in [6.45, 7) is 3.55. The summed E-state index contributed by atoms with van der Waals surface area (Å²) in [6, 6.07) is 1.58. The zero-order chi connectivity index (χ0) is 18.8. The van der Waals surface area contributed by atoms with E-state index < -0.39 is 17.0 Å². The maximum absolute atomic E-state index is 11.4. The number of nitro groups is 1. The van der Waals surface area contributed by atoms with Gasteiger partial charge in [-0.25, -0.2) is 9.79 Å². The van der Waals surface area contributed by atoms with Crippen molar-refractivity contribution in [1.29, 1.82) is 0 Å². The molecule has 0 saturated heterocycles. The first kappa shape index (κ1) is 20.4. The van der Waals surface area contributed by atoms with E-state index in [0.29, 0.717) is 6.42 Å². The van der Waals surface area contributed by atoms with Gasteiger partial charge in [-0.15, -0.1) is 0 Å². The van der Waals surface area contributed by atoms with Gasteiger partial charge >= 0.3 is 17.1 Å². The topological polar surface area (TPSA) is 132 Å². The number of alkyl carbamates (subject to hydrolysis) is 1. The number of amides is 1. The number of thiophene rings is 1. The van der Waals surface area contributed by atoms with Crippen LogP contribution in [0.15, 0.2) is 11.1 Å². The number of nitrogens with zero attached hydrogens (tertiary/aromatic N) is 2. The van der Waals surface area contributed by atoms with Crippen LogP contribution >= 0.6 is 11.3 Å². The lowest BCUT2D eigenvalue weighted by atomic mass is 10.3. The minimum Gasteiger partial charge on any atom is -0.465 e. The number of guanidine groups is 1. The van der Waals surface area contributed by atoms with E-state index in [2.05, 4.69) is 20.4 Å². The van der Waals surface area contributed by atoms with Crippen molar-refractivity contribution in [2.75, 3.05) is 20.3 Å². The molecule has 1 heterocycles. The zero-order valence-electron chi connectivity index (χ0n) is 14.2. The molecule has 1 rings (SSSR count). The van der Waals surface area contributed by atoms with Gasteiger partial charge in [0.05, 0.1) is 18.6 Å². The van der Waals surface area contributed by atoms with Crippen LogP contribution in [-0.4, -0.2) is 43.2 Å². The molecule has 0 aliphatic rings. The van der Waals surface area contributed by atoms with Gasteiger partial charge in [0, 0.05) is 4.88 Å². The first-order valence-corrected chi connectivity index (χ1v) is 8.33. The maximum Gasteiger partial charge on any atom is 0.413 e. The maximum atomic E-state index is 11.4. The summed E-state index contributed by atoms with van der Waals surface area (Å²) in [7, 11) is 1.16. The van der Waals surface area contributed by atoms with Crippen molar-refractivity contribution in [3.8, 4) is 0 Å². The second-order valence-corrected chi connectivity index (χ2v) is 5.76. The number of nitrogens with one attached hydrogen (secondary N) is 2. The Morgan fingerprint density at radius 3 is 2.68 bits per heavy atom. The van der Waals surface area contributed by atoms with Crippen molar-refractivity contribution in [1.82, 2.24) is 10.6 Å². The third kappa shape index (κ3) is 6.75. The molecule has 0 bridgehead atoms. The monoisotopic (exact) mass is 372 g/mol. The van der Waals surface area contributed by atoms with E-state index in [-0.39, 0.29) is 29.8 Å². The number of methoxy groups -OCH3 is 1. The molecule has 0 unspecified atom stereocenters. The Kier molecular flexibility index (Phi) is 8.33. The number of rotatable bonds is 7. The summed E-state index contributed by atoms with van der Waals surface area (Å²) >= 11 is 1.02. The number of esters is 1. The van der Waals surface area contributed by atoms with Crippen LogP contribution in [0.4, 0.5) is 15.5 Å². The third-order valence-corrected chi connectivity index (χ3v) is 3.89. The SMILES string of the molecule is CCCc1cc(N=C(NCC(=O)OCC)NC(=O)OC)c([N+](=O)[O-])s1. The molecule has 0 aliphatic carbocycles. The molecule has 25 heavy (non-hydrogen) atoms. The highest BCUT2D eigenvalue weighted by molar-refractivity contribution is 7.15. The van der Waals surface area contributed by atoms with Crippen LogP contribution in [0, 0.1) is 10.1 Å². The Morgan fingerprint density at radius 2 is 2.12 bits per heavy atom. The molecule has 0 spiro atoms. The summed E-state index contributed by atoms with van der Waals surface area (Å²) in [5.74, 6) is -0.711. The van der Waals surface area contributed by atoms with Crippen LogP contribution in [-0.2, 0) is 20.7 Å². The van der Waals surface area contributed by atoms with Crippen LogP contribution in [0.25, 0.3) is 0 Å². The van der Waals surface area contributed by atoms with Crippen LogP contribution in [0.2, 0.25) is 0 Å². The Bertz CT molecular complexity index is 658. The molecule has 1 aromatic rings. The van der Waals surface area contributed by atoms with Gasteiger partial charge in [-0.05, 0) is 19.4 Å². The number of aliphatic imine (C=N–C) groups is 1. The lowest BCUT2D eigenvalue weighted by Crippen LogP contribution is -2.43. The van der Waals surface area contributed by atoms with Crippen LogP contribution in [0.5, 0.6) is 0 Å². The highest BCUT2D eigenvalue weighted by atomic mass is 32.1. The molecule has 1 amide bonds. The minimum atomic E-state index is -0.832. The molecule has 0 aliphatic heterocycles. The first-order valence-electron chi connectivity index (χ1n) is 7.51. The molecule has 0 atom stereocenters. The van der Waals surface area contributed by atoms with Crippen molar-refractivity contribution in [2.24, 2.45) is 4.99 Å². The molecule has 0 fully saturated rings. The van der Waals surface area contributed by atoms with Crippen molar-refractivity contribution in [3.63, 3.8) is 0 Å². The molecule has 0 aromatic carbocycles. The lowest BCUT2D eigenvalue weighted by Gasteiger charge is -2.09. The second kappa shape index (κ2) is 10.2. The van der Waals surface area contributed by atoms with Gasteiger partial charge in [0.2, 0.25) is 5.96 Å². The zero-order valence-corrected chi connectivity index (χ0v) is 15.0. The Morgan fingerprint density at radius 1 is 1.40 bits per heavy atom. The number of aryl methyl sites for hydroxylation is 1. The van der Waals surface area contributed by atoms with Gasteiger partial charge in [0.25, 0.3) is 0 Å². The van der Waals surface area contributed by atoms with E-state index in [9.17, 15) is 19.7 Å². The van der Waals surface area contributed by atoms with Crippen LogP contribution in [0.3, 0.4) is 0 Å². The van der Waals surface area contributed by atoms with Gasteiger partial charge < -0.3 is 14.8 Å². The molecule has 11 heteroatoms. The molecule has 10 nitrogen and oxygen atoms in total. The molecular formula is C14H20N4O6S. The smallest absolute Gasteiger partial charge is 0.413 e. The van der Waals surface area contributed by atoms with E-state index in [0.717, 1.165) is 29.7 Å². The largest absolute Gasteiger partial charge is 0.465 e. The van der Waals surface area contributed by atoms with Crippen molar-refractivity contribution in [2.45, 2.75) is 26.7 Å². The highest BCUT2D eigenvalue weighted by Gasteiger charge is 2.20. The summed E-state index contributed by atoms with van der Waals surface area (Å²) in [5.41, 5.74) is 0.0845. The van der Waals surface area contributed by atoms with E-state index in [1.54, 1.807) is 13.0 Å². The fourth-order valence-corrected chi connectivity index (χ4v) is 2.76. The standard InChI is InChI=1S/C14H20N4O6S/c1-4-6-9-7-10(12(25-9)18(21)22)16-13(17-14(20)23-3)15-8-11(19)24-5-2/h7H,4-6,8H2,1-3H3,(H2,15,16,17,20). The predicted molar refractivity (Wildman–Crippen MR) is 92.2 cm³/mol. The average molecular weight is 372 g/mol. The van der Waals surface area contributed by atoms with E-state index >= 15 is 0 Å². The molecule has 1 aromatic heterocycles. The van der Waals surface area contributed by atoms with E-state index in [1.165, 1.54) is 0 Å². The molecular weight excluding hydrogens is 352 g/mol. The van der Waals surface area contributed by atoms with Crippen molar-refractivity contribution < 1.29 is 24.0 Å². The Hall–Kier alpha value is -2.69. The molecule has 0 radical (unpaired) electrons. The fourth-order valence-electron chi connectivity index (χ4n) is 1.75. The van der Waals surface area contributed by atoms with E-state index in [1.807, 2.05) is 6.92 Å². The van der Waals surface area contributed by atoms with Crippen molar-refractivity contribution in [3.05, 3.63) is 21.1 Å². The number of carbonyl (C=O) groups excluding carboxylic acids is 2.